The number of benzene rings is 1. The van der Waals surface area contributed by atoms with Crippen molar-refractivity contribution in [3.63, 3.8) is 0 Å². The topological polar surface area (TPSA) is 94.0 Å². The minimum atomic E-state index is -3.01. The molecule has 1 aromatic carbocycles. The molecule has 1 saturated heterocycles. The predicted octanol–water partition coefficient (Wildman–Crippen LogP) is 0.557. The quantitative estimate of drug-likeness (QED) is 0.881. The third kappa shape index (κ3) is 3.76. The molecule has 1 atom stereocenters. The van der Waals surface area contributed by atoms with Gasteiger partial charge in [-0.05, 0) is 13.3 Å². The van der Waals surface area contributed by atoms with Crippen molar-refractivity contribution in [2.45, 2.75) is 25.9 Å². The fourth-order valence-electron chi connectivity index (χ4n) is 2.68. The highest BCUT2D eigenvalue weighted by Gasteiger charge is 2.29. The summed E-state index contributed by atoms with van der Waals surface area (Å²) < 4.78 is 24.4. The molecule has 23 heavy (non-hydrogen) atoms. The lowest BCUT2D eigenvalue weighted by molar-refractivity contribution is -0.122. The number of aryl methyl sites for hydroxylation is 1. The molecular formula is C15H18N4O3S. The lowest BCUT2D eigenvalue weighted by atomic mass is 10.2. The van der Waals surface area contributed by atoms with Crippen LogP contribution in [0, 0.1) is 6.92 Å². The Kier molecular flexibility index (Phi) is 4.16. The van der Waals surface area contributed by atoms with Crippen LogP contribution in [0.1, 0.15) is 12.2 Å². The molecule has 122 valence electrons. The van der Waals surface area contributed by atoms with Crippen molar-refractivity contribution in [3.8, 4) is 11.4 Å². The van der Waals surface area contributed by atoms with Crippen molar-refractivity contribution in [1.29, 1.82) is 0 Å². The van der Waals surface area contributed by atoms with Crippen LogP contribution in [0.3, 0.4) is 0 Å². The molecule has 0 unspecified atom stereocenters. The SMILES string of the molecule is Cc1nc(-c2ccccc2)n(CC(=O)N[C@H]2CCS(=O)(=O)C2)n1. The first kappa shape index (κ1) is 15.7. The van der Waals surface area contributed by atoms with Gasteiger partial charge in [0.2, 0.25) is 5.91 Å². The van der Waals surface area contributed by atoms with Crippen LogP contribution in [-0.4, -0.2) is 46.6 Å². The van der Waals surface area contributed by atoms with E-state index in [0.717, 1.165) is 5.56 Å². The molecular weight excluding hydrogens is 316 g/mol. The summed E-state index contributed by atoms with van der Waals surface area (Å²) in [5.74, 6) is 1.10. The summed E-state index contributed by atoms with van der Waals surface area (Å²) in [4.78, 5) is 16.5. The van der Waals surface area contributed by atoms with Gasteiger partial charge in [-0.15, -0.1) is 0 Å². The van der Waals surface area contributed by atoms with Crippen LogP contribution in [-0.2, 0) is 21.2 Å². The lowest BCUT2D eigenvalue weighted by Gasteiger charge is -2.11. The van der Waals surface area contributed by atoms with Crippen molar-refractivity contribution in [2.75, 3.05) is 11.5 Å². The fraction of sp³-hybridized carbons (Fsp3) is 0.400. The van der Waals surface area contributed by atoms with Crippen LogP contribution in [0.4, 0.5) is 0 Å². The second-order valence-electron chi connectivity index (χ2n) is 5.67. The average Bonchev–Trinajstić information content (AvgIpc) is 3.02. The molecule has 1 aliphatic heterocycles. The van der Waals surface area contributed by atoms with Gasteiger partial charge in [-0.1, -0.05) is 30.3 Å². The highest BCUT2D eigenvalue weighted by atomic mass is 32.2. The van der Waals surface area contributed by atoms with Gasteiger partial charge in [0.15, 0.2) is 15.7 Å². The first-order valence-electron chi connectivity index (χ1n) is 7.39. The maximum absolute atomic E-state index is 12.2. The van der Waals surface area contributed by atoms with Crippen molar-refractivity contribution in [1.82, 2.24) is 20.1 Å². The Balaban J connectivity index is 1.72. The molecule has 1 N–H and O–H groups in total. The Labute approximate surface area is 134 Å². The van der Waals surface area contributed by atoms with E-state index in [4.69, 9.17) is 0 Å². The summed E-state index contributed by atoms with van der Waals surface area (Å²) >= 11 is 0. The molecule has 3 rings (SSSR count). The Morgan fingerprint density at radius 1 is 1.35 bits per heavy atom. The van der Waals surface area contributed by atoms with Gasteiger partial charge in [0.1, 0.15) is 12.4 Å². The van der Waals surface area contributed by atoms with Crippen LogP contribution in [0.5, 0.6) is 0 Å². The Bertz CT molecular complexity index is 815. The number of nitrogens with one attached hydrogen (secondary N) is 1. The van der Waals surface area contributed by atoms with Crippen LogP contribution < -0.4 is 5.32 Å². The van der Waals surface area contributed by atoms with Crippen LogP contribution in [0.2, 0.25) is 0 Å². The third-order valence-corrected chi connectivity index (χ3v) is 5.47. The van der Waals surface area contributed by atoms with E-state index in [0.29, 0.717) is 18.1 Å². The zero-order valence-corrected chi connectivity index (χ0v) is 13.6. The summed E-state index contributed by atoms with van der Waals surface area (Å²) in [7, 11) is -3.01. The van der Waals surface area contributed by atoms with Crippen molar-refractivity contribution < 1.29 is 13.2 Å². The maximum atomic E-state index is 12.2. The summed E-state index contributed by atoms with van der Waals surface area (Å²) in [6.45, 7) is 1.78. The third-order valence-electron chi connectivity index (χ3n) is 3.70. The van der Waals surface area contributed by atoms with Gasteiger partial charge in [-0.3, -0.25) is 4.79 Å². The van der Waals surface area contributed by atoms with E-state index in [1.807, 2.05) is 30.3 Å². The minimum absolute atomic E-state index is 0.0146. The lowest BCUT2D eigenvalue weighted by Crippen LogP contribution is -2.38. The van der Waals surface area contributed by atoms with Crippen LogP contribution in [0.25, 0.3) is 11.4 Å². The molecule has 1 aliphatic rings. The molecule has 0 bridgehead atoms. The van der Waals surface area contributed by atoms with Gasteiger partial charge < -0.3 is 5.32 Å². The Hall–Kier alpha value is -2.22. The highest BCUT2D eigenvalue weighted by molar-refractivity contribution is 7.91. The van der Waals surface area contributed by atoms with Gasteiger partial charge in [0, 0.05) is 11.6 Å². The number of nitrogens with zero attached hydrogens (tertiary/aromatic N) is 3. The predicted molar refractivity (Wildman–Crippen MR) is 85.4 cm³/mol. The number of hydrogen-bond acceptors (Lipinski definition) is 5. The van der Waals surface area contributed by atoms with E-state index in [-0.39, 0.29) is 30.0 Å². The van der Waals surface area contributed by atoms with Crippen molar-refractivity contribution in [3.05, 3.63) is 36.2 Å². The molecule has 7 nitrogen and oxygen atoms in total. The van der Waals surface area contributed by atoms with Gasteiger partial charge in [0.25, 0.3) is 0 Å². The van der Waals surface area contributed by atoms with Gasteiger partial charge in [-0.25, -0.2) is 18.1 Å². The molecule has 0 spiro atoms. The number of rotatable bonds is 4. The monoisotopic (exact) mass is 334 g/mol. The van der Waals surface area contributed by atoms with E-state index in [1.165, 1.54) is 0 Å². The molecule has 1 amide bonds. The molecule has 8 heteroatoms. The average molecular weight is 334 g/mol. The smallest absolute Gasteiger partial charge is 0.242 e. The van der Waals surface area contributed by atoms with E-state index in [2.05, 4.69) is 15.4 Å². The number of hydrogen-bond donors (Lipinski definition) is 1. The molecule has 0 radical (unpaired) electrons. The summed E-state index contributed by atoms with van der Waals surface area (Å²) in [5.41, 5.74) is 0.879. The minimum Gasteiger partial charge on any atom is -0.351 e. The summed E-state index contributed by atoms with van der Waals surface area (Å²) in [6.07, 6.45) is 0.468. The Morgan fingerprint density at radius 3 is 2.74 bits per heavy atom. The Morgan fingerprint density at radius 2 is 2.09 bits per heavy atom. The number of sulfone groups is 1. The zero-order valence-electron chi connectivity index (χ0n) is 12.8. The summed E-state index contributed by atoms with van der Waals surface area (Å²) in [5, 5.41) is 7.02. The normalized spacial score (nSPS) is 19.6. The molecule has 0 aliphatic carbocycles. The summed E-state index contributed by atoms with van der Waals surface area (Å²) in [6, 6.07) is 9.20. The van der Waals surface area contributed by atoms with Gasteiger partial charge >= 0.3 is 0 Å². The largest absolute Gasteiger partial charge is 0.351 e. The number of amides is 1. The standard InChI is InChI=1S/C15H18N4O3S/c1-11-16-15(12-5-3-2-4-6-12)19(18-11)9-14(20)17-13-7-8-23(21,22)10-13/h2-6,13H,7-10H2,1H3,(H,17,20)/t13-/m0/s1. The molecule has 2 heterocycles. The van der Waals surface area contributed by atoms with E-state index in [1.54, 1.807) is 11.6 Å². The fourth-order valence-corrected chi connectivity index (χ4v) is 4.36. The highest BCUT2D eigenvalue weighted by Crippen LogP contribution is 2.17. The number of carbonyl (C=O) groups excluding carboxylic acids is 1. The van der Waals surface area contributed by atoms with Gasteiger partial charge in [0.05, 0.1) is 11.5 Å². The van der Waals surface area contributed by atoms with Crippen molar-refractivity contribution in [2.24, 2.45) is 0 Å². The van der Waals surface area contributed by atoms with E-state index >= 15 is 0 Å². The molecule has 1 fully saturated rings. The van der Waals surface area contributed by atoms with Crippen LogP contribution in [0.15, 0.2) is 30.3 Å². The molecule has 2 aromatic rings. The first-order valence-corrected chi connectivity index (χ1v) is 9.22. The van der Waals surface area contributed by atoms with Crippen LogP contribution >= 0.6 is 0 Å². The first-order chi connectivity index (χ1) is 10.9. The number of aromatic nitrogens is 3. The van der Waals surface area contributed by atoms with E-state index < -0.39 is 9.84 Å². The second-order valence-corrected chi connectivity index (χ2v) is 7.90. The zero-order chi connectivity index (χ0) is 16.4. The molecule has 0 saturated carbocycles. The number of carbonyl (C=O) groups is 1. The second kappa shape index (κ2) is 6.11. The van der Waals surface area contributed by atoms with Crippen molar-refractivity contribution >= 4 is 15.7 Å². The molecule has 1 aromatic heterocycles. The van der Waals surface area contributed by atoms with Gasteiger partial charge in [-0.2, -0.15) is 5.10 Å². The maximum Gasteiger partial charge on any atom is 0.242 e. The van der Waals surface area contributed by atoms with E-state index in [9.17, 15) is 13.2 Å².